The first-order chi connectivity index (χ1) is 9.80. The lowest BCUT2D eigenvalue weighted by Gasteiger charge is -2.32. The summed E-state index contributed by atoms with van der Waals surface area (Å²) in [5, 5.41) is 0. The third-order valence-electron chi connectivity index (χ3n) is 4.87. The SMILES string of the molecule is CN1CCOCc2cc(B3OC(C)(C)C(C)(C)O3)ccc21. The maximum Gasteiger partial charge on any atom is 0.494 e. The summed E-state index contributed by atoms with van der Waals surface area (Å²) < 4.78 is 17.9. The van der Waals surface area contributed by atoms with Gasteiger partial charge in [0.25, 0.3) is 0 Å². The van der Waals surface area contributed by atoms with Crippen LogP contribution in [0.25, 0.3) is 0 Å². The van der Waals surface area contributed by atoms with E-state index in [9.17, 15) is 0 Å². The van der Waals surface area contributed by atoms with Gasteiger partial charge in [-0.15, -0.1) is 0 Å². The van der Waals surface area contributed by atoms with Gasteiger partial charge < -0.3 is 18.9 Å². The Morgan fingerprint density at radius 3 is 2.43 bits per heavy atom. The molecule has 5 heteroatoms. The molecule has 1 fully saturated rings. The summed E-state index contributed by atoms with van der Waals surface area (Å²) in [5.41, 5.74) is 2.87. The van der Waals surface area contributed by atoms with Gasteiger partial charge in [0.05, 0.1) is 24.4 Å². The first kappa shape index (κ1) is 14.9. The lowest BCUT2D eigenvalue weighted by molar-refractivity contribution is 0.00578. The summed E-state index contributed by atoms with van der Waals surface area (Å²) in [6, 6.07) is 6.40. The van der Waals surface area contributed by atoms with Crippen molar-refractivity contribution >= 4 is 18.3 Å². The topological polar surface area (TPSA) is 30.9 Å². The number of anilines is 1. The fraction of sp³-hybridized carbons (Fsp3) is 0.625. The molecule has 0 saturated carbocycles. The Balaban J connectivity index is 1.90. The van der Waals surface area contributed by atoms with Crippen molar-refractivity contribution in [3.8, 4) is 0 Å². The Labute approximate surface area is 127 Å². The predicted octanol–water partition coefficient (Wildman–Crippen LogP) is 1.95. The Morgan fingerprint density at radius 2 is 1.76 bits per heavy atom. The minimum Gasteiger partial charge on any atom is -0.399 e. The van der Waals surface area contributed by atoms with Crippen LogP contribution in [0.2, 0.25) is 0 Å². The molecule has 0 aromatic heterocycles. The summed E-state index contributed by atoms with van der Waals surface area (Å²) in [5.74, 6) is 0. The third kappa shape index (κ3) is 2.58. The van der Waals surface area contributed by atoms with Crippen LogP contribution >= 0.6 is 0 Å². The number of fused-ring (bicyclic) bond motifs is 1. The molecule has 0 N–H and O–H groups in total. The molecule has 21 heavy (non-hydrogen) atoms. The van der Waals surface area contributed by atoms with Crippen LogP contribution in [0.5, 0.6) is 0 Å². The van der Waals surface area contributed by atoms with Gasteiger partial charge in [-0.1, -0.05) is 12.1 Å². The van der Waals surface area contributed by atoms with E-state index in [1.807, 2.05) is 0 Å². The van der Waals surface area contributed by atoms with Crippen LogP contribution in [-0.4, -0.2) is 38.5 Å². The Hall–Kier alpha value is -1.04. The molecule has 0 spiro atoms. The molecule has 0 bridgehead atoms. The highest BCUT2D eigenvalue weighted by Crippen LogP contribution is 2.36. The summed E-state index contributed by atoms with van der Waals surface area (Å²) in [7, 11) is 1.79. The van der Waals surface area contributed by atoms with Crippen LogP contribution in [0, 0.1) is 0 Å². The molecule has 0 radical (unpaired) electrons. The first-order valence-electron chi connectivity index (χ1n) is 7.57. The molecule has 0 aliphatic carbocycles. The summed E-state index contributed by atoms with van der Waals surface area (Å²) >= 11 is 0. The van der Waals surface area contributed by atoms with E-state index in [-0.39, 0.29) is 18.3 Å². The van der Waals surface area contributed by atoms with Gasteiger partial charge in [0.2, 0.25) is 0 Å². The molecule has 3 rings (SSSR count). The second-order valence-corrected chi connectivity index (χ2v) is 6.95. The van der Waals surface area contributed by atoms with E-state index < -0.39 is 0 Å². The van der Waals surface area contributed by atoms with Crippen LogP contribution in [-0.2, 0) is 20.7 Å². The highest BCUT2D eigenvalue weighted by atomic mass is 16.7. The zero-order valence-electron chi connectivity index (χ0n) is 13.6. The number of hydrogen-bond acceptors (Lipinski definition) is 4. The van der Waals surface area contributed by atoms with Crippen molar-refractivity contribution in [1.29, 1.82) is 0 Å². The van der Waals surface area contributed by atoms with E-state index >= 15 is 0 Å². The second kappa shape index (κ2) is 5.01. The van der Waals surface area contributed by atoms with Crippen molar-refractivity contribution in [3.05, 3.63) is 23.8 Å². The van der Waals surface area contributed by atoms with Crippen LogP contribution in [0.3, 0.4) is 0 Å². The van der Waals surface area contributed by atoms with E-state index in [2.05, 4.69) is 57.8 Å². The average Bonchev–Trinajstić information content (AvgIpc) is 2.54. The normalized spacial score (nSPS) is 23.9. The Kier molecular flexibility index (Phi) is 3.55. The van der Waals surface area contributed by atoms with Gasteiger partial charge >= 0.3 is 7.12 Å². The van der Waals surface area contributed by atoms with Crippen molar-refractivity contribution in [2.24, 2.45) is 0 Å². The van der Waals surface area contributed by atoms with Crippen molar-refractivity contribution < 1.29 is 14.0 Å². The fourth-order valence-electron chi connectivity index (χ4n) is 2.72. The highest BCUT2D eigenvalue weighted by molar-refractivity contribution is 6.62. The largest absolute Gasteiger partial charge is 0.494 e. The standard InChI is InChI=1S/C16H24BNO3/c1-15(2)16(3,4)21-17(20-15)13-6-7-14-12(10-13)11-19-9-8-18(14)5/h6-7,10H,8-9,11H2,1-5H3. The maximum atomic E-state index is 6.12. The van der Waals surface area contributed by atoms with Crippen molar-refractivity contribution in [3.63, 3.8) is 0 Å². The van der Waals surface area contributed by atoms with E-state index in [0.717, 1.165) is 18.6 Å². The second-order valence-electron chi connectivity index (χ2n) is 6.95. The van der Waals surface area contributed by atoms with Gasteiger partial charge in [-0.05, 0) is 39.2 Å². The van der Waals surface area contributed by atoms with Crippen molar-refractivity contribution in [1.82, 2.24) is 0 Å². The molecule has 1 aromatic rings. The smallest absolute Gasteiger partial charge is 0.399 e. The highest BCUT2D eigenvalue weighted by Gasteiger charge is 2.51. The van der Waals surface area contributed by atoms with Gasteiger partial charge in [-0.3, -0.25) is 0 Å². The molecule has 1 aromatic carbocycles. The molecule has 4 nitrogen and oxygen atoms in total. The van der Waals surface area contributed by atoms with E-state index in [1.54, 1.807) is 0 Å². The van der Waals surface area contributed by atoms with E-state index in [4.69, 9.17) is 14.0 Å². The summed E-state index contributed by atoms with van der Waals surface area (Å²) in [6.07, 6.45) is 0. The van der Waals surface area contributed by atoms with Crippen molar-refractivity contribution in [2.75, 3.05) is 25.1 Å². The van der Waals surface area contributed by atoms with Gasteiger partial charge in [0.1, 0.15) is 0 Å². The van der Waals surface area contributed by atoms with Crippen molar-refractivity contribution in [2.45, 2.75) is 45.5 Å². The zero-order chi connectivity index (χ0) is 15.3. The molecule has 2 heterocycles. The number of nitrogens with zero attached hydrogens (tertiary/aromatic N) is 1. The lowest BCUT2D eigenvalue weighted by Crippen LogP contribution is -2.41. The number of ether oxygens (including phenoxy) is 1. The quantitative estimate of drug-likeness (QED) is 0.739. The Morgan fingerprint density at radius 1 is 1.10 bits per heavy atom. The maximum absolute atomic E-state index is 6.12. The van der Waals surface area contributed by atoms with Crippen LogP contribution in [0.15, 0.2) is 18.2 Å². The molecule has 0 amide bonds. The average molecular weight is 289 g/mol. The molecule has 0 unspecified atom stereocenters. The molecule has 2 aliphatic rings. The molecule has 2 aliphatic heterocycles. The van der Waals surface area contributed by atoms with Crippen LogP contribution < -0.4 is 10.4 Å². The predicted molar refractivity (Wildman–Crippen MR) is 85.1 cm³/mol. The first-order valence-corrected chi connectivity index (χ1v) is 7.57. The van der Waals surface area contributed by atoms with Gasteiger partial charge in [-0.2, -0.15) is 0 Å². The zero-order valence-corrected chi connectivity index (χ0v) is 13.6. The molecule has 114 valence electrons. The molecule has 1 saturated heterocycles. The lowest BCUT2D eigenvalue weighted by atomic mass is 9.78. The summed E-state index contributed by atoms with van der Waals surface area (Å²) in [4.78, 5) is 2.23. The van der Waals surface area contributed by atoms with E-state index in [0.29, 0.717) is 6.61 Å². The van der Waals surface area contributed by atoms with Gasteiger partial charge in [0.15, 0.2) is 0 Å². The van der Waals surface area contributed by atoms with Gasteiger partial charge in [0, 0.05) is 24.8 Å². The van der Waals surface area contributed by atoms with E-state index in [1.165, 1.54) is 11.3 Å². The number of benzene rings is 1. The van der Waals surface area contributed by atoms with Gasteiger partial charge in [-0.25, -0.2) is 0 Å². The summed E-state index contributed by atoms with van der Waals surface area (Å²) in [6.45, 7) is 10.6. The molecular weight excluding hydrogens is 265 g/mol. The molecular formula is C16H24BNO3. The Bertz CT molecular complexity index is 528. The monoisotopic (exact) mass is 289 g/mol. The van der Waals surface area contributed by atoms with Crippen LogP contribution in [0.4, 0.5) is 5.69 Å². The fourth-order valence-corrected chi connectivity index (χ4v) is 2.72. The minimum absolute atomic E-state index is 0.308. The molecule has 0 atom stereocenters. The number of likely N-dealkylation sites (N-methyl/N-ethyl adjacent to an activating group) is 1. The third-order valence-corrected chi connectivity index (χ3v) is 4.87. The van der Waals surface area contributed by atoms with Crippen LogP contribution in [0.1, 0.15) is 33.3 Å². The number of rotatable bonds is 1. The number of hydrogen-bond donors (Lipinski definition) is 0. The minimum atomic E-state index is -0.311.